The van der Waals surface area contributed by atoms with Gasteiger partial charge in [0, 0.05) is 6.20 Å². The van der Waals surface area contributed by atoms with Crippen molar-refractivity contribution >= 4 is 30.4 Å². The minimum Gasteiger partial charge on any atom is -0.413 e. The predicted octanol–water partition coefficient (Wildman–Crippen LogP) is 2.18. The number of ketones is 1. The van der Waals surface area contributed by atoms with Crippen molar-refractivity contribution in [3.8, 4) is 5.75 Å². The topological polar surface area (TPSA) is 171 Å². The van der Waals surface area contributed by atoms with Crippen LogP contribution in [0.2, 0.25) is 0 Å². The van der Waals surface area contributed by atoms with Crippen molar-refractivity contribution in [3.05, 3.63) is 48.9 Å². The second-order valence-electron chi connectivity index (χ2n) is 9.02. The van der Waals surface area contributed by atoms with E-state index in [0.29, 0.717) is 11.0 Å². The van der Waals surface area contributed by atoms with E-state index in [9.17, 15) is 19.6 Å². The molecule has 3 aromatic rings. The van der Waals surface area contributed by atoms with Crippen LogP contribution in [0.25, 0.3) is 11.0 Å². The molecule has 7 atom stereocenters. The highest BCUT2D eigenvalue weighted by atomic mass is 31.2. The lowest BCUT2D eigenvalue weighted by Crippen LogP contribution is -2.46. The van der Waals surface area contributed by atoms with Crippen LogP contribution in [0.3, 0.4) is 0 Å². The van der Waals surface area contributed by atoms with Gasteiger partial charge in [0.1, 0.15) is 47.1 Å². The Hall–Kier alpha value is -2.86. The maximum atomic E-state index is 13.7. The lowest BCUT2D eigenvalue weighted by Gasteiger charge is -2.29. The summed E-state index contributed by atoms with van der Waals surface area (Å²) >= 11 is 0. The Kier molecular flexibility index (Phi) is 7.20. The van der Waals surface area contributed by atoms with Crippen LogP contribution < -0.4 is 15.3 Å². The van der Waals surface area contributed by atoms with Gasteiger partial charge in [0.25, 0.3) is 0 Å². The molecule has 194 valence electrons. The van der Waals surface area contributed by atoms with Gasteiger partial charge in [-0.25, -0.2) is 19.6 Å². The molecule has 0 amide bonds. The van der Waals surface area contributed by atoms with Crippen LogP contribution >= 0.6 is 7.75 Å². The third kappa shape index (κ3) is 5.01. The summed E-state index contributed by atoms with van der Waals surface area (Å²) in [6, 6.07) is 9.18. The molecule has 2 aromatic heterocycles. The van der Waals surface area contributed by atoms with Crippen molar-refractivity contribution in [1.29, 1.82) is 0 Å². The van der Waals surface area contributed by atoms with Crippen molar-refractivity contribution in [1.82, 2.24) is 19.6 Å². The molecule has 4 rings (SSSR count). The summed E-state index contributed by atoms with van der Waals surface area (Å²) < 4.78 is 32.8. The number of nitrogens with one attached hydrogen (secondary N) is 1. The lowest BCUT2D eigenvalue weighted by molar-refractivity contribution is -0.118. The van der Waals surface area contributed by atoms with Gasteiger partial charge >= 0.3 is 7.75 Å². The Balaban J connectivity index is 1.60. The van der Waals surface area contributed by atoms with Crippen LogP contribution in [0.4, 0.5) is 5.82 Å². The second kappa shape index (κ2) is 9.89. The number of anilines is 1. The first-order chi connectivity index (χ1) is 16.9. The first-order valence-corrected chi connectivity index (χ1v) is 12.9. The summed E-state index contributed by atoms with van der Waals surface area (Å²) in [5, 5.41) is 25.4. The maximum absolute atomic E-state index is 13.7. The van der Waals surface area contributed by atoms with Gasteiger partial charge in [-0.05, 0) is 45.9 Å². The monoisotopic (exact) mass is 519 g/mol. The van der Waals surface area contributed by atoms with Crippen molar-refractivity contribution < 1.29 is 33.4 Å². The Morgan fingerprint density at radius 1 is 1.28 bits per heavy atom. The number of hydrogen-bond acceptors (Lipinski definition) is 10. The summed E-state index contributed by atoms with van der Waals surface area (Å²) in [5.41, 5.74) is 4.55. The van der Waals surface area contributed by atoms with E-state index in [2.05, 4.69) is 15.1 Å². The number of aliphatic hydroxyl groups is 2. The maximum Gasteiger partial charge on any atom is 0.459 e. The Morgan fingerprint density at radius 3 is 2.64 bits per heavy atom. The normalized spacial score (nSPS) is 27.4. The fourth-order valence-electron chi connectivity index (χ4n) is 4.04. The number of benzene rings is 1. The quantitative estimate of drug-likeness (QED) is 0.305. The van der Waals surface area contributed by atoms with Gasteiger partial charge in [0.05, 0.1) is 17.5 Å². The number of nitrogens with two attached hydrogens (primary N) is 1. The number of ether oxygens (including phenoxy) is 1. The van der Waals surface area contributed by atoms with Crippen LogP contribution in [0, 0.1) is 0 Å². The standard InChI is InChI=1S/C23H30N5O7P/c1-13(14(2)29)27-36(32,35-16-8-6-5-7-9-16)34-15(3)18-19(30)23(4,31)22(33-18)28-11-10-17-20(24)25-12-26-21(17)28/h5-13,15,18-19,22,30-31H,1-4H3,(H,27,32)(H2,24,25,26)/t13-,15?,18+,19+,22+,23+,36?/m0/s1. The molecule has 0 aliphatic carbocycles. The molecule has 2 unspecified atom stereocenters. The molecule has 5 N–H and O–H groups in total. The van der Waals surface area contributed by atoms with Crippen LogP contribution in [0.15, 0.2) is 48.9 Å². The van der Waals surface area contributed by atoms with E-state index in [0.717, 1.165) is 0 Å². The molecule has 0 bridgehead atoms. The zero-order valence-corrected chi connectivity index (χ0v) is 21.2. The molecule has 0 radical (unpaired) electrons. The number of nitrogen functional groups attached to an aromatic ring is 1. The number of Topliss-reactive ketones (excluding diaryl/α,β-unsaturated/α-hetero) is 1. The van der Waals surface area contributed by atoms with Gasteiger partial charge in [-0.15, -0.1) is 0 Å². The number of carbonyl (C=O) groups excluding carboxylic acids is 1. The van der Waals surface area contributed by atoms with Gasteiger partial charge in [0.15, 0.2) is 6.23 Å². The molecule has 12 nitrogen and oxygen atoms in total. The summed E-state index contributed by atoms with van der Waals surface area (Å²) in [4.78, 5) is 20.0. The van der Waals surface area contributed by atoms with E-state index < -0.39 is 43.9 Å². The number of hydrogen-bond donors (Lipinski definition) is 4. The summed E-state index contributed by atoms with van der Waals surface area (Å²) in [7, 11) is -4.14. The van der Waals surface area contributed by atoms with Gasteiger partial charge in [-0.2, -0.15) is 0 Å². The van der Waals surface area contributed by atoms with Crippen LogP contribution in [0.5, 0.6) is 5.75 Å². The molecule has 3 heterocycles. The number of nitrogens with zero attached hydrogens (tertiary/aromatic N) is 3. The predicted molar refractivity (Wildman–Crippen MR) is 131 cm³/mol. The molecule has 1 aromatic carbocycles. The van der Waals surface area contributed by atoms with E-state index in [1.165, 1.54) is 34.0 Å². The molecule has 1 aliphatic rings. The average Bonchev–Trinajstić information content (AvgIpc) is 3.33. The summed E-state index contributed by atoms with van der Waals surface area (Å²) in [6.45, 7) is 5.82. The number of carbonyl (C=O) groups is 1. The minimum absolute atomic E-state index is 0.255. The smallest absolute Gasteiger partial charge is 0.413 e. The first-order valence-electron chi connectivity index (χ1n) is 11.4. The van der Waals surface area contributed by atoms with Crippen molar-refractivity contribution in [3.63, 3.8) is 0 Å². The van der Waals surface area contributed by atoms with E-state index in [1.54, 1.807) is 47.2 Å². The van der Waals surface area contributed by atoms with Gasteiger partial charge in [0.2, 0.25) is 0 Å². The van der Waals surface area contributed by atoms with Crippen LogP contribution in [-0.4, -0.2) is 60.5 Å². The van der Waals surface area contributed by atoms with Crippen molar-refractivity contribution in [2.24, 2.45) is 0 Å². The average molecular weight is 519 g/mol. The third-order valence-electron chi connectivity index (χ3n) is 6.19. The fourth-order valence-corrected chi connectivity index (χ4v) is 5.81. The van der Waals surface area contributed by atoms with Crippen molar-refractivity contribution in [2.45, 2.75) is 63.9 Å². The van der Waals surface area contributed by atoms with E-state index in [1.807, 2.05) is 0 Å². The van der Waals surface area contributed by atoms with Crippen LogP contribution in [-0.2, 0) is 18.6 Å². The highest BCUT2D eigenvalue weighted by Crippen LogP contribution is 2.49. The highest BCUT2D eigenvalue weighted by Gasteiger charge is 2.56. The van der Waals surface area contributed by atoms with Gasteiger partial charge < -0.3 is 29.8 Å². The largest absolute Gasteiger partial charge is 0.459 e. The van der Waals surface area contributed by atoms with Gasteiger partial charge in [-0.3, -0.25) is 9.32 Å². The Bertz CT molecular complexity index is 1280. The molecule has 0 spiro atoms. The highest BCUT2D eigenvalue weighted by molar-refractivity contribution is 7.52. The minimum atomic E-state index is -4.14. The summed E-state index contributed by atoms with van der Waals surface area (Å²) in [5.74, 6) is 0.240. The van der Waals surface area contributed by atoms with Crippen molar-refractivity contribution in [2.75, 3.05) is 5.73 Å². The van der Waals surface area contributed by atoms with Crippen LogP contribution in [0.1, 0.15) is 33.9 Å². The number of aromatic nitrogens is 3. The molecule has 1 fully saturated rings. The summed E-state index contributed by atoms with van der Waals surface area (Å²) in [6.07, 6.45) is -1.77. The SMILES string of the molecule is CC(=O)[C@H](C)NP(=O)(Oc1ccccc1)OC(C)[C@H]1O[C@@H](n2ccc3c(N)ncnc32)[C@](C)(O)[C@@H]1O. The fraction of sp³-hybridized carbons (Fsp3) is 0.435. The third-order valence-corrected chi connectivity index (χ3v) is 7.95. The van der Waals surface area contributed by atoms with E-state index >= 15 is 0 Å². The molecule has 0 saturated carbocycles. The Labute approximate surface area is 208 Å². The number of fused-ring (bicyclic) bond motifs is 1. The van der Waals surface area contributed by atoms with E-state index in [-0.39, 0.29) is 17.4 Å². The van der Waals surface area contributed by atoms with Gasteiger partial charge in [-0.1, -0.05) is 18.2 Å². The first kappa shape index (κ1) is 26.2. The molecule has 13 heteroatoms. The zero-order valence-electron chi connectivity index (χ0n) is 20.3. The number of para-hydroxylation sites is 1. The molecule has 36 heavy (non-hydrogen) atoms. The molecule has 1 aliphatic heterocycles. The number of rotatable bonds is 9. The molecular weight excluding hydrogens is 489 g/mol. The molecule has 1 saturated heterocycles. The second-order valence-corrected chi connectivity index (χ2v) is 10.7. The lowest BCUT2D eigenvalue weighted by atomic mass is 9.94. The zero-order chi connectivity index (χ0) is 26.3. The number of aliphatic hydroxyl groups excluding tert-OH is 1. The molecular formula is C23H30N5O7P. The Morgan fingerprint density at radius 2 is 1.97 bits per heavy atom. The van der Waals surface area contributed by atoms with E-state index in [4.69, 9.17) is 19.5 Å².